The van der Waals surface area contributed by atoms with Crippen LogP contribution in [-0.4, -0.2) is 40.0 Å². The van der Waals surface area contributed by atoms with Gasteiger partial charge in [0.2, 0.25) is 0 Å². The van der Waals surface area contributed by atoms with E-state index in [4.69, 9.17) is 5.73 Å². The highest BCUT2D eigenvalue weighted by Crippen LogP contribution is 2.29. The van der Waals surface area contributed by atoms with Crippen molar-refractivity contribution in [1.82, 2.24) is 4.90 Å². The first kappa shape index (κ1) is 15.2. The highest BCUT2D eigenvalue weighted by atomic mass is 16.6. The van der Waals surface area contributed by atoms with Crippen molar-refractivity contribution in [3.63, 3.8) is 0 Å². The molecule has 114 valence electrons. The van der Waals surface area contributed by atoms with E-state index in [9.17, 15) is 20.0 Å². The van der Waals surface area contributed by atoms with Gasteiger partial charge in [-0.2, -0.15) is 0 Å². The number of piperidine rings is 1. The maximum absolute atomic E-state index is 12.5. The minimum atomic E-state index is -0.685. The van der Waals surface area contributed by atoms with E-state index in [1.807, 2.05) is 0 Å². The predicted octanol–water partition coefficient (Wildman–Crippen LogP) is 1.50. The van der Waals surface area contributed by atoms with Crippen LogP contribution in [0.15, 0.2) is 18.2 Å². The Hall–Kier alpha value is -2.15. The monoisotopic (exact) mass is 293 g/mol. The van der Waals surface area contributed by atoms with Crippen LogP contribution in [0.25, 0.3) is 0 Å². The third-order valence-corrected chi connectivity index (χ3v) is 4.04. The maximum Gasteiger partial charge on any atom is 0.310 e. The Labute approximate surface area is 122 Å². The fraction of sp³-hybridized carbons (Fsp3) is 0.500. The van der Waals surface area contributed by atoms with Crippen LogP contribution in [0.1, 0.15) is 30.1 Å². The van der Waals surface area contributed by atoms with Crippen LogP contribution in [0.2, 0.25) is 0 Å². The molecule has 0 aromatic heterocycles. The van der Waals surface area contributed by atoms with Gasteiger partial charge in [-0.3, -0.25) is 14.9 Å². The van der Waals surface area contributed by atoms with Crippen molar-refractivity contribution in [2.75, 3.05) is 13.1 Å². The first-order valence-corrected chi connectivity index (χ1v) is 6.94. The van der Waals surface area contributed by atoms with E-state index in [1.165, 1.54) is 6.07 Å². The van der Waals surface area contributed by atoms with E-state index in [1.54, 1.807) is 4.90 Å². The number of hydrogen-bond donors (Lipinski definition) is 2. The van der Waals surface area contributed by atoms with Crippen molar-refractivity contribution >= 4 is 11.6 Å². The molecule has 1 fully saturated rings. The van der Waals surface area contributed by atoms with E-state index in [-0.39, 0.29) is 17.5 Å². The third-order valence-electron chi connectivity index (χ3n) is 4.04. The summed E-state index contributed by atoms with van der Waals surface area (Å²) in [6.07, 6.45) is 1.93. The number of carbonyl (C=O) groups is 1. The third kappa shape index (κ3) is 2.97. The second-order valence-electron chi connectivity index (χ2n) is 5.38. The quantitative estimate of drug-likeness (QED) is 0.648. The molecule has 3 N–H and O–H groups in total. The Morgan fingerprint density at radius 1 is 1.57 bits per heavy atom. The molecule has 21 heavy (non-hydrogen) atoms. The van der Waals surface area contributed by atoms with Gasteiger partial charge in [-0.15, -0.1) is 0 Å². The summed E-state index contributed by atoms with van der Waals surface area (Å²) in [6.45, 7) is 3.05. The maximum atomic E-state index is 12.5. The van der Waals surface area contributed by atoms with Crippen molar-refractivity contribution in [3.8, 4) is 5.75 Å². The number of nitro benzene ring substituents is 1. The summed E-state index contributed by atoms with van der Waals surface area (Å²) >= 11 is 0. The number of benzene rings is 1. The van der Waals surface area contributed by atoms with Gasteiger partial charge in [0, 0.05) is 30.8 Å². The van der Waals surface area contributed by atoms with E-state index < -0.39 is 16.4 Å². The Balaban J connectivity index is 2.27. The summed E-state index contributed by atoms with van der Waals surface area (Å²) < 4.78 is 0. The number of nitro groups is 1. The molecule has 0 aliphatic carbocycles. The van der Waals surface area contributed by atoms with Gasteiger partial charge < -0.3 is 15.7 Å². The zero-order valence-corrected chi connectivity index (χ0v) is 11.9. The summed E-state index contributed by atoms with van der Waals surface area (Å²) in [5.41, 5.74) is 5.59. The molecule has 2 atom stereocenters. The molecule has 1 saturated heterocycles. The normalized spacial score (nSPS) is 22.1. The lowest BCUT2D eigenvalue weighted by Gasteiger charge is -2.39. The molecular formula is C14H19N3O4. The van der Waals surface area contributed by atoms with Gasteiger partial charge in [0.05, 0.1) is 4.92 Å². The number of nitrogens with zero attached hydrogens (tertiary/aromatic N) is 2. The first-order valence-electron chi connectivity index (χ1n) is 6.94. The Morgan fingerprint density at radius 2 is 2.29 bits per heavy atom. The van der Waals surface area contributed by atoms with E-state index >= 15 is 0 Å². The number of phenolic OH excluding ortho intramolecular Hbond substituents is 1. The van der Waals surface area contributed by atoms with Crippen molar-refractivity contribution in [3.05, 3.63) is 33.9 Å². The molecule has 0 saturated carbocycles. The van der Waals surface area contributed by atoms with Gasteiger partial charge in [0.25, 0.3) is 5.91 Å². The van der Waals surface area contributed by atoms with Gasteiger partial charge in [-0.05, 0) is 30.9 Å². The van der Waals surface area contributed by atoms with Gasteiger partial charge in [-0.1, -0.05) is 6.92 Å². The minimum Gasteiger partial charge on any atom is -0.502 e. The molecule has 1 heterocycles. The standard InChI is InChI=1S/C14H19N3O4/c1-9-3-2-6-16(12(9)8-15)14(19)10-4-5-11(17(20)21)13(18)7-10/h4-5,7,9,12,18H,2-3,6,8,15H2,1H3. The number of carbonyl (C=O) groups excluding carboxylic acids is 1. The first-order chi connectivity index (χ1) is 9.95. The molecule has 1 aliphatic rings. The molecule has 2 unspecified atom stereocenters. The molecular weight excluding hydrogens is 274 g/mol. The lowest BCUT2D eigenvalue weighted by Crippen LogP contribution is -2.51. The summed E-state index contributed by atoms with van der Waals surface area (Å²) in [4.78, 5) is 24.2. The van der Waals surface area contributed by atoms with Gasteiger partial charge >= 0.3 is 5.69 Å². The van der Waals surface area contributed by atoms with Crippen molar-refractivity contribution < 1.29 is 14.8 Å². The zero-order valence-electron chi connectivity index (χ0n) is 11.9. The zero-order chi connectivity index (χ0) is 15.6. The summed E-state index contributed by atoms with van der Waals surface area (Å²) in [5.74, 6) is -0.429. The van der Waals surface area contributed by atoms with Crippen LogP contribution in [-0.2, 0) is 0 Å². The van der Waals surface area contributed by atoms with Gasteiger partial charge in [0.15, 0.2) is 5.75 Å². The fourth-order valence-corrected chi connectivity index (χ4v) is 2.84. The number of rotatable bonds is 3. The van der Waals surface area contributed by atoms with E-state index in [0.29, 0.717) is 19.0 Å². The summed E-state index contributed by atoms with van der Waals surface area (Å²) in [7, 11) is 0. The predicted molar refractivity (Wildman–Crippen MR) is 77.0 cm³/mol. The van der Waals surface area contributed by atoms with Crippen molar-refractivity contribution in [2.24, 2.45) is 11.7 Å². The van der Waals surface area contributed by atoms with E-state index in [2.05, 4.69) is 6.92 Å². The second kappa shape index (κ2) is 6.09. The molecule has 7 nitrogen and oxygen atoms in total. The lowest BCUT2D eigenvalue weighted by molar-refractivity contribution is -0.385. The van der Waals surface area contributed by atoms with Crippen LogP contribution in [0, 0.1) is 16.0 Å². The Morgan fingerprint density at radius 3 is 2.86 bits per heavy atom. The largest absolute Gasteiger partial charge is 0.502 e. The number of amides is 1. The molecule has 0 bridgehead atoms. The highest BCUT2D eigenvalue weighted by molar-refractivity contribution is 5.95. The number of hydrogen-bond acceptors (Lipinski definition) is 5. The average Bonchev–Trinajstić information content (AvgIpc) is 2.45. The topological polar surface area (TPSA) is 110 Å². The van der Waals surface area contributed by atoms with Crippen LogP contribution in [0.3, 0.4) is 0 Å². The fourth-order valence-electron chi connectivity index (χ4n) is 2.84. The number of aromatic hydroxyl groups is 1. The molecule has 1 aromatic carbocycles. The van der Waals surface area contributed by atoms with Crippen LogP contribution in [0.5, 0.6) is 5.75 Å². The van der Waals surface area contributed by atoms with Crippen LogP contribution < -0.4 is 5.73 Å². The molecule has 0 radical (unpaired) electrons. The summed E-state index contributed by atoms with van der Waals surface area (Å²) in [6, 6.07) is 3.62. The molecule has 1 aromatic rings. The minimum absolute atomic E-state index is 0.0383. The molecule has 0 spiro atoms. The molecule has 7 heteroatoms. The van der Waals surface area contributed by atoms with Crippen LogP contribution >= 0.6 is 0 Å². The van der Waals surface area contributed by atoms with E-state index in [0.717, 1.165) is 25.0 Å². The summed E-state index contributed by atoms with van der Waals surface area (Å²) in [5, 5.41) is 20.3. The van der Waals surface area contributed by atoms with Crippen LogP contribution in [0.4, 0.5) is 5.69 Å². The second-order valence-corrected chi connectivity index (χ2v) is 5.38. The number of phenols is 1. The smallest absolute Gasteiger partial charge is 0.310 e. The highest BCUT2D eigenvalue weighted by Gasteiger charge is 2.31. The van der Waals surface area contributed by atoms with Gasteiger partial charge in [-0.25, -0.2) is 0 Å². The lowest BCUT2D eigenvalue weighted by atomic mass is 9.90. The average molecular weight is 293 g/mol. The van der Waals surface area contributed by atoms with Crippen molar-refractivity contribution in [2.45, 2.75) is 25.8 Å². The molecule has 1 amide bonds. The SMILES string of the molecule is CC1CCCN(C(=O)c2ccc([N+](=O)[O-])c(O)c2)C1CN. The molecule has 1 aliphatic heterocycles. The van der Waals surface area contributed by atoms with Gasteiger partial charge in [0.1, 0.15) is 0 Å². The number of nitrogens with two attached hydrogens (primary N) is 1. The molecule has 2 rings (SSSR count). The number of likely N-dealkylation sites (tertiary alicyclic amines) is 1. The Kier molecular flexibility index (Phi) is 4.42. The van der Waals surface area contributed by atoms with Crippen molar-refractivity contribution in [1.29, 1.82) is 0 Å². The Bertz CT molecular complexity index is 561.